The quantitative estimate of drug-likeness (QED) is 0.139. The summed E-state index contributed by atoms with van der Waals surface area (Å²) in [5.74, 6) is -0.0284. The fourth-order valence-electron chi connectivity index (χ4n) is 5.18. The summed E-state index contributed by atoms with van der Waals surface area (Å²) in [6.45, 7) is 17.0. The minimum atomic E-state index is -4.80. The number of amides is 4. The van der Waals surface area contributed by atoms with Crippen LogP contribution in [0.1, 0.15) is 103 Å². The number of anilines is 1. The molecule has 0 radical (unpaired) electrons. The molecule has 1 saturated carbocycles. The Morgan fingerprint density at radius 3 is 2.00 bits per heavy atom. The van der Waals surface area contributed by atoms with Crippen molar-refractivity contribution >= 4 is 23.5 Å². The molecule has 292 valence electrons. The number of nitrogens with zero attached hydrogens (tertiary/aromatic N) is 1. The summed E-state index contributed by atoms with van der Waals surface area (Å²) in [7, 11) is 0. The van der Waals surface area contributed by atoms with Gasteiger partial charge in [0.2, 0.25) is 5.91 Å². The number of ether oxygens (including phenoxy) is 2. The lowest BCUT2D eigenvalue weighted by Gasteiger charge is -2.34. The zero-order valence-corrected chi connectivity index (χ0v) is 32.0. The summed E-state index contributed by atoms with van der Waals surface area (Å²) in [4.78, 5) is 40.3. The van der Waals surface area contributed by atoms with Crippen LogP contribution in [0.2, 0.25) is 0 Å². The maximum atomic E-state index is 13.4. The van der Waals surface area contributed by atoms with Crippen LogP contribution >= 0.6 is 0 Å². The van der Waals surface area contributed by atoms with Crippen LogP contribution in [0.3, 0.4) is 0 Å². The van der Waals surface area contributed by atoms with Gasteiger partial charge < -0.3 is 36.1 Å². The van der Waals surface area contributed by atoms with Crippen molar-refractivity contribution in [3.05, 3.63) is 59.7 Å². The van der Waals surface area contributed by atoms with E-state index in [9.17, 15) is 27.6 Å². The van der Waals surface area contributed by atoms with Gasteiger partial charge in [-0.05, 0) is 67.3 Å². The van der Waals surface area contributed by atoms with Crippen LogP contribution in [-0.2, 0) is 16.1 Å². The standard InChI is InChI=1S/C35H50F3N5O5.C4H10/c1-33(2,21-39)23-47-24-34(3,4)22-41-30(44)18-19-40-31(45)26-12-10-25(11-13-26)20-43(28-8-6-5-7-9-28)32(46)42-27-14-16-29(17-15-27)48-35(36,37)38;1-4(2)3/h10-17,28H,5-9,18-24,39H2,1-4H3,(H,40,45)(H,41,44)(H,42,46);4H,1-3H3. The summed E-state index contributed by atoms with van der Waals surface area (Å²) in [5, 5.41) is 8.47. The molecule has 52 heavy (non-hydrogen) atoms. The van der Waals surface area contributed by atoms with E-state index in [0.29, 0.717) is 44.1 Å². The number of urea groups is 1. The Bertz CT molecular complexity index is 1370. The first-order valence-electron chi connectivity index (χ1n) is 18.1. The van der Waals surface area contributed by atoms with Gasteiger partial charge in [-0.1, -0.05) is 79.9 Å². The Hall–Kier alpha value is -3.84. The second-order valence-corrected chi connectivity index (χ2v) is 15.7. The lowest BCUT2D eigenvalue weighted by atomic mass is 9.93. The molecule has 0 aromatic heterocycles. The summed E-state index contributed by atoms with van der Waals surface area (Å²) in [5.41, 5.74) is 6.96. The van der Waals surface area contributed by atoms with Gasteiger partial charge >= 0.3 is 12.4 Å². The predicted molar refractivity (Wildman–Crippen MR) is 199 cm³/mol. The number of hydrogen-bond acceptors (Lipinski definition) is 6. The number of benzene rings is 2. The van der Waals surface area contributed by atoms with E-state index < -0.39 is 6.36 Å². The van der Waals surface area contributed by atoms with Gasteiger partial charge in [0.05, 0.1) is 13.2 Å². The van der Waals surface area contributed by atoms with Crippen molar-refractivity contribution in [2.75, 3.05) is 38.2 Å². The molecular weight excluding hydrogens is 675 g/mol. The average molecular weight is 736 g/mol. The van der Waals surface area contributed by atoms with Crippen molar-refractivity contribution in [1.82, 2.24) is 15.5 Å². The third-order valence-corrected chi connectivity index (χ3v) is 8.12. The van der Waals surface area contributed by atoms with Gasteiger partial charge in [0.15, 0.2) is 0 Å². The second kappa shape index (κ2) is 21.0. The highest BCUT2D eigenvalue weighted by molar-refractivity contribution is 5.94. The van der Waals surface area contributed by atoms with Crippen LogP contribution < -0.4 is 26.4 Å². The van der Waals surface area contributed by atoms with E-state index in [2.05, 4.69) is 41.5 Å². The number of carbonyl (C=O) groups is 3. The molecule has 0 unspecified atom stereocenters. The molecule has 0 aliphatic heterocycles. The molecule has 5 N–H and O–H groups in total. The van der Waals surface area contributed by atoms with Crippen LogP contribution in [0.15, 0.2) is 48.5 Å². The highest BCUT2D eigenvalue weighted by Gasteiger charge is 2.31. The zero-order chi connectivity index (χ0) is 39.0. The molecule has 1 aliphatic rings. The fourth-order valence-corrected chi connectivity index (χ4v) is 5.18. The van der Waals surface area contributed by atoms with Gasteiger partial charge in [-0.25, -0.2) is 4.79 Å². The van der Waals surface area contributed by atoms with Crippen LogP contribution in [0.5, 0.6) is 5.75 Å². The van der Waals surface area contributed by atoms with Crippen LogP contribution in [0, 0.1) is 16.7 Å². The first-order chi connectivity index (χ1) is 24.3. The maximum absolute atomic E-state index is 13.4. The van der Waals surface area contributed by atoms with E-state index in [1.54, 1.807) is 29.2 Å². The lowest BCUT2D eigenvalue weighted by molar-refractivity contribution is -0.274. The molecule has 0 saturated heterocycles. The lowest BCUT2D eigenvalue weighted by Crippen LogP contribution is -2.43. The SMILES string of the molecule is CC(C)(CN)COCC(C)(C)CNC(=O)CCNC(=O)c1ccc(CN(C(=O)Nc2ccc(OC(F)(F)F)cc2)C2CCCCC2)cc1.CC(C)C. The minimum Gasteiger partial charge on any atom is -0.406 e. The highest BCUT2D eigenvalue weighted by Crippen LogP contribution is 2.27. The monoisotopic (exact) mass is 735 g/mol. The van der Waals surface area contributed by atoms with Crippen molar-refractivity contribution in [3.8, 4) is 5.75 Å². The third-order valence-electron chi connectivity index (χ3n) is 8.12. The van der Waals surface area contributed by atoms with E-state index in [-0.39, 0.29) is 53.4 Å². The van der Waals surface area contributed by atoms with Gasteiger partial charge in [-0.15, -0.1) is 13.2 Å². The van der Waals surface area contributed by atoms with E-state index >= 15 is 0 Å². The number of rotatable bonds is 16. The number of nitrogens with two attached hydrogens (primary N) is 1. The largest absolute Gasteiger partial charge is 0.573 e. The zero-order valence-electron chi connectivity index (χ0n) is 32.0. The summed E-state index contributed by atoms with van der Waals surface area (Å²) < 4.78 is 47.2. The first-order valence-corrected chi connectivity index (χ1v) is 18.1. The molecule has 0 bridgehead atoms. The number of alkyl halides is 3. The van der Waals surface area contributed by atoms with Crippen LogP contribution in [0.4, 0.5) is 23.7 Å². The molecule has 2 aromatic rings. The molecule has 3 rings (SSSR count). The van der Waals surface area contributed by atoms with Gasteiger partial charge in [0.1, 0.15) is 5.75 Å². The normalized spacial score (nSPS) is 13.8. The van der Waals surface area contributed by atoms with Crippen molar-refractivity contribution in [1.29, 1.82) is 0 Å². The van der Waals surface area contributed by atoms with Gasteiger partial charge in [0.25, 0.3) is 5.91 Å². The Labute approximate surface area is 307 Å². The average Bonchev–Trinajstić information content (AvgIpc) is 3.06. The molecule has 0 spiro atoms. The van der Waals surface area contributed by atoms with Crippen LogP contribution in [-0.4, -0.2) is 68.0 Å². The summed E-state index contributed by atoms with van der Waals surface area (Å²) in [6, 6.07) is 11.6. The molecule has 4 amide bonds. The van der Waals surface area contributed by atoms with E-state index in [1.165, 1.54) is 12.1 Å². The maximum Gasteiger partial charge on any atom is 0.573 e. The van der Waals surface area contributed by atoms with E-state index in [0.717, 1.165) is 55.7 Å². The van der Waals surface area contributed by atoms with Gasteiger partial charge in [0, 0.05) is 54.2 Å². The van der Waals surface area contributed by atoms with Gasteiger partial charge in [-0.3, -0.25) is 9.59 Å². The number of carbonyl (C=O) groups excluding carboxylic acids is 3. The molecule has 13 heteroatoms. The molecule has 0 heterocycles. The summed E-state index contributed by atoms with van der Waals surface area (Å²) >= 11 is 0. The number of hydrogen-bond donors (Lipinski definition) is 4. The Morgan fingerprint density at radius 1 is 0.865 bits per heavy atom. The minimum absolute atomic E-state index is 0.00196. The smallest absolute Gasteiger partial charge is 0.406 e. The third kappa shape index (κ3) is 18.1. The fraction of sp³-hybridized carbons (Fsp3) is 0.615. The predicted octanol–water partition coefficient (Wildman–Crippen LogP) is 7.88. The second-order valence-electron chi connectivity index (χ2n) is 15.7. The van der Waals surface area contributed by atoms with Crippen molar-refractivity contribution in [3.63, 3.8) is 0 Å². The molecule has 2 aromatic carbocycles. The number of nitrogens with one attached hydrogen (secondary N) is 3. The molecule has 0 atom stereocenters. The first kappa shape index (κ1) is 44.3. The summed E-state index contributed by atoms with van der Waals surface area (Å²) in [6.07, 6.45) is 0.107. The Balaban J connectivity index is 0.00000222. The molecule has 1 fully saturated rings. The Morgan fingerprint density at radius 2 is 1.44 bits per heavy atom. The van der Waals surface area contributed by atoms with E-state index in [1.807, 2.05) is 27.7 Å². The van der Waals surface area contributed by atoms with E-state index in [4.69, 9.17) is 10.5 Å². The van der Waals surface area contributed by atoms with Gasteiger partial charge in [-0.2, -0.15) is 0 Å². The molecule has 10 nitrogen and oxygen atoms in total. The highest BCUT2D eigenvalue weighted by atomic mass is 19.4. The van der Waals surface area contributed by atoms with Crippen LogP contribution in [0.25, 0.3) is 0 Å². The molecular formula is C39H60F3N5O5. The van der Waals surface area contributed by atoms with Crippen molar-refractivity contribution < 1.29 is 37.0 Å². The van der Waals surface area contributed by atoms with Crippen molar-refractivity contribution in [2.24, 2.45) is 22.5 Å². The number of halogens is 3. The Kier molecular flexibility index (Phi) is 17.9. The van der Waals surface area contributed by atoms with Crippen molar-refractivity contribution in [2.45, 2.75) is 106 Å². The molecule has 1 aliphatic carbocycles. The topological polar surface area (TPSA) is 135 Å².